The summed E-state index contributed by atoms with van der Waals surface area (Å²) in [6, 6.07) is 3.73. The Hall–Kier alpha value is -2.81. The maximum atomic E-state index is 12.6. The second-order valence-corrected chi connectivity index (χ2v) is 7.39. The Morgan fingerprint density at radius 3 is 2.83 bits per heavy atom. The van der Waals surface area contributed by atoms with Crippen LogP contribution in [0.2, 0.25) is 0 Å². The summed E-state index contributed by atoms with van der Waals surface area (Å²) in [6.45, 7) is 4.07. The number of nitrogens with zero attached hydrogens (tertiary/aromatic N) is 1. The molecule has 9 heteroatoms. The van der Waals surface area contributed by atoms with Gasteiger partial charge in [-0.25, -0.2) is 4.79 Å². The molecule has 0 aliphatic carbocycles. The molecule has 0 spiro atoms. The van der Waals surface area contributed by atoms with Crippen molar-refractivity contribution in [2.24, 2.45) is 5.92 Å². The summed E-state index contributed by atoms with van der Waals surface area (Å²) >= 11 is 0. The van der Waals surface area contributed by atoms with E-state index in [-0.39, 0.29) is 56.6 Å². The van der Waals surface area contributed by atoms with Crippen LogP contribution in [-0.2, 0) is 16.1 Å². The van der Waals surface area contributed by atoms with E-state index in [2.05, 4.69) is 10.6 Å². The zero-order valence-electron chi connectivity index (χ0n) is 16.6. The number of imide groups is 1. The quantitative estimate of drug-likeness (QED) is 0.531. The third-order valence-corrected chi connectivity index (χ3v) is 5.42. The summed E-state index contributed by atoms with van der Waals surface area (Å²) in [6.07, 6.45) is 1.12. The molecule has 2 aliphatic rings. The maximum absolute atomic E-state index is 12.6. The van der Waals surface area contributed by atoms with E-state index in [9.17, 15) is 19.5 Å². The van der Waals surface area contributed by atoms with Crippen molar-refractivity contribution in [1.29, 1.82) is 0 Å². The molecule has 158 valence electrons. The molecule has 1 fully saturated rings. The topological polar surface area (TPSA) is 117 Å². The number of hydrogen-bond donors (Lipinski definition) is 3. The monoisotopic (exact) mass is 405 g/mol. The van der Waals surface area contributed by atoms with Gasteiger partial charge in [-0.15, -0.1) is 0 Å². The average Bonchev–Trinajstić information content (AvgIpc) is 3.29. The lowest BCUT2D eigenvalue weighted by atomic mass is 9.99. The van der Waals surface area contributed by atoms with Crippen LogP contribution in [0.3, 0.4) is 0 Å². The smallest absolute Gasteiger partial charge is 0.325 e. The van der Waals surface area contributed by atoms with Crippen molar-refractivity contribution in [1.82, 2.24) is 15.5 Å². The van der Waals surface area contributed by atoms with Gasteiger partial charge in [-0.05, 0) is 30.0 Å². The number of nitrogens with one attached hydrogen (secondary N) is 2. The number of ether oxygens (including phenoxy) is 2. The second kappa shape index (κ2) is 9.13. The van der Waals surface area contributed by atoms with Crippen LogP contribution >= 0.6 is 0 Å². The van der Waals surface area contributed by atoms with Gasteiger partial charge in [0.2, 0.25) is 12.7 Å². The van der Waals surface area contributed by atoms with E-state index in [4.69, 9.17) is 9.47 Å². The van der Waals surface area contributed by atoms with E-state index in [1.165, 1.54) is 0 Å². The van der Waals surface area contributed by atoms with Gasteiger partial charge >= 0.3 is 6.03 Å². The first-order valence-electron chi connectivity index (χ1n) is 9.83. The lowest BCUT2D eigenvalue weighted by Crippen LogP contribution is -2.42. The van der Waals surface area contributed by atoms with Crippen LogP contribution < -0.4 is 20.1 Å². The van der Waals surface area contributed by atoms with Crippen molar-refractivity contribution in [2.75, 3.05) is 13.4 Å². The highest BCUT2D eigenvalue weighted by molar-refractivity contribution is 6.04. The summed E-state index contributed by atoms with van der Waals surface area (Å²) in [5, 5.41) is 14.8. The summed E-state index contributed by atoms with van der Waals surface area (Å²) in [5.41, 5.74) is 0.746. The van der Waals surface area contributed by atoms with Crippen LogP contribution in [0.25, 0.3) is 0 Å². The van der Waals surface area contributed by atoms with Gasteiger partial charge in [0.1, 0.15) is 6.04 Å². The predicted octanol–water partition coefficient (Wildman–Crippen LogP) is 1.14. The molecule has 1 aromatic rings. The minimum Gasteiger partial charge on any atom is -0.454 e. The lowest BCUT2D eigenvalue weighted by Gasteiger charge is -2.22. The van der Waals surface area contributed by atoms with Crippen LogP contribution in [0.4, 0.5) is 4.79 Å². The number of urea groups is 1. The highest BCUT2D eigenvalue weighted by Crippen LogP contribution is 2.33. The highest BCUT2D eigenvalue weighted by Gasteiger charge is 2.38. The highest BCUT2D eigenvalue weighted by atomic mass is 16.7. The van der Waals surface area contributed by atoms with E-state index < -0.39 is 12.1 Å². The number of amides is 4. The number of aliphatic hydroxyl groups excluding tert-OH is 1. The van der Waals surface area contributed by atoms with Gasteiger partial charge < -0.3 is 25.2 Å². The van der Waals surface area contributed by atoms with Gasteiger partial charge in [-0.2, -0.15) is 0 Å². The van der Waals surface area contributed by atoms with Gasteiger partial charge in [0.25, 0.3) is 5.91 Å². The van der Waals surface area contributed by atoms with E-state index in [1.54, 1.807) is 18.2 Å². The molecular formula is C20H27N3O6. The molecule has 0 radical (unpaired) electrons. The summed E-state index contributed by atoms with van der Waals surface area (Å²) in [7, 11) is 0. The normalized spacial score (nSPS) is 19.8. The van der Waals surface area contributed by atoms with Crippen LogP contribution in [0, 0.1) is 5.92 Å². The molecule has 3 N–H and O–H groups in total. The average molecular weight is 405 g/mol. The number of hydrogen-bond acceptors (Lipinski definition) is 6. The molecule has 0 saturated carbocycles. The first-order chi connectivity index (χ1) is 13.9. The first kappa shape index (κ1) is 20.9. The maximum Gasteiger partial charge on any atom is 0.325 e. The fourth-order valence-electron chi connectivity index (χ4n) is 3.35. The number of benzene rings is 1. The Morgan fingerprint density at radius 1 is 1.34 bits per heavy atom. The molecule has 4 amide bonds. The number of rotatable bonds is 9. The van der Waals surface area contributed by atoms with E-state index >= 15 is 0 Å². The van der Waals surface area contributed by atoms with E-state index in [0.717, 1.165) is 16.9 Å². The fourth-order valence-corrected chi connectivity index (χ4v) is 3.35. The van der Waals surface area contributed by atoms with Crippen molar-refractivity contribution in [3.05, 3.63) is 23.8 Å². The van der Waals surface area contributed by atoms with Gasteiger partial charge in [0.15, 0.2) is 11.5 Å². The summed E-state index contributed by atoms with van der Waals surface area (Å²) < 4.78 is 10.6. The molecule has 1 saturated heterocycles. The van der Waals surface area contributed by atoms with Crippen molar-refractivity contribution < 1.29 is 29.0 Å². The molecule has 0 unspecified atom stereocenters. The minimum atomic E-state index is -0.738. The van der Waals surface area contributed by atoms with E-state index in [1.807, 2.05) is 13.8 Å². The lowest BCUT2D eigenvalue weighted by molar-refractivity contribution is -0.128. The molecule has 2 heterocycles. The molecule has 9 nitrogen and oxygen atoms in total. The van der Waals surface area contributed by atoms with E-state index in [0.29, 0.717) is 11.5 Å². The van der Waals surface area contributed by atoms with Crippen molar-refractivity contribution in [3.8, 4) is 11.5 Å². The fraction of sp³-hybridized carbons (Fsp3) is 0.550. The molecule has 0 bridgehead atoms. The summed E-state index contributed by atoms with van der Waals surface area (Å²) in [5.74, 6) is 0.756. The van der Waals surface area contributed by atoms with Crippen LogP contribution in [0.1, 0.15) is 38.7 Å². The Morgan fingerprint density at radius 2 is 2.10 bits per heavy atom. The Balaban J connectivity index is 1.53. The van der Waals surface area contributed by atoms with Crippen LogP contribution in [0.5, 0.6) is 11.5 Å². The Kier molecular flexibility index (Phi) is 6.58. The Labute approximate surface area is 169 Å². The molecule has 29 heavy (non-hydrogen) atoms. The zero-order valence-corrected chi connectivity index (χ0v) is 16.6. The number of aliphatic hydroxyl groups is 1. The second-order valence-electron chi connectivity index (χ2n) is 7.39. The third-order valence-electron chi connectivity index (χ3n) is 5.42. The third kappa shape index (κ3) is 4.79. The molecule has 3 atom stereocenters. The SMILES string of the molecule is CC[C@@H](C)[C@@H](CO)NC(=O)CC[C@@H]1NC(=O)N(Cc2ccc3c(c2)OCO3)C1=O. The first-order valence-corrected chi connectivity index (χ1v) is 9.83. The molecule has 0 aromatic heterocycles. The van der Waals surface area contributed by atoms with Gasteiger partial charge in [0.05, 0.1) is 19.2 Å². The van der Waals surface area contributed by atoms with Gasteiger partial charge in [-0.3, -0.25) is 14.5 Å². The number of carbonyl (C=O) groups is 3. The van der Waals surface area contributed by atoms with Gasteiger partial charge in [-0.1, -0.05) is 26.3 Å². The molecule has 3 rings (SSSR count). The van der Waals surface area contributed by atoms with Crippen LogP contribution in [0.15, 0.2) is 18.2 Å². The molecule has 2 aliphatic heterocycles. The van der Waals surface area contributed by atoms with Crippen molar-refractivity contribution in [2.45, 2.75) is 51.7 Å². The molecule has 1 aromatic carbocycles. The summed E-state index contributed by atoms with van der Waals surface area (Å²) in [4.78, 5) is 38.2. The van der Waals surface area contributed by atoms with Crippen molar-refractivity contribution >= 4 is 17.8 Å². The largest absolute Gasteiger partial charge is 0.454 e. The zero-order chi connectivity index (χ0) is 21.0. The van der Waals surface area contributed by atoms with Crippen molar-refractivity contribution in [3.63, 3.8) is 0 Å². The number of fused-ring (bicyclic) bond motifs is 1. The number of carbonyl (C=O) groups excluding carboxylic acids is 3. The predicted molar refractivity (Wildman–Crippen MR) is 103 cm³/mol. The van der Waals surface area contributed by atoms with Gasteiger partial charge in [0, 0.05) is 6.42 Å². The Bertz CT molecular complexity index is 783. The van der Waals surface area contributed by atoms with Crippen LogP contribution in [-0.4, -0.2) is 53.3 Å². The molecular weight excluding hydrogens is 378 g/mol. The minimum absolute atomic E-state index is 0.0848. The standard InChI is InChI=1S/C20H27N3O6/c1-3-12(2)15(10-24)21-18(25)7-5-14-19(26)23(20(27)22-14)9-13-4-6-16-17(8-13)29-11-28-16/h4,6,8,12,14-15,24H,3,5,7,9-11H2,1-2H3,(H,21,25)(H,22,27)/t12-,14+,15-/m1/s1.